The number of hydrogen-bond acceptors (Lipinski definition) is 4. The molecule has 2 N–H and O–H groups in total. The number of benzene rings is 1. The molecule has 32 heavy (non-hydrogen) atoms. The van der Waals surface area contributed by atoms with Gasteiger partial charge in [0.15, 0.2) is 0 Å². The van der Waals surface area contributed by atoms with Crippen LogP contribution in [0.15, 0.2) is 60.9 Å². The maximum Gasteiger partial charge on any atom is 0.433 e. The Hall–Kier alpha value is -3.42. The van der Waals surface area contributed by atoms with E-state index >= 15 is 0 Å². The number of carbonyl (C=O) groups excluding carboxylic acids is 1. The number of rotatable bonds is 5. The molecule has 1 aliphatic rings. The van der Waals surface area contributed by atoms with E-state index in [0.717, 1.165) is 49.1 Å². The van der Waals surface area contributed by atoms with Gasteiger partial charge in [-0.1, -0.05) is 31.0 Å². The normalized spacial score (nSPS) is 15.4. The lowest BCUT2D eigenvalue weighted by atomic mass is 9.78. The molecule has 0 atom stereocenters. The van der Waals surface area contributed by atoms with E-state index in [1.807, 2.05) is 31.2 Å². The highest BCUT2D eigenvalue weighted by molar-refractivity contribution is 5.99. The summed E-state index contributed by atoms with van der Waals surface area (Å²) in [4.78, 5) is 21.0. The van der Waals surface area contributed by atoms with Gasteiger partial charge in [0.05, 0.1) is 5.41 Å². The quantitative estimate of drug-likeness (QED) is 0.511. The molecule has 1 fully saturated rings. The summed E-state index contributed by atoms with van der Waals surface area (Å²) in [5.74, 6) is 0.474. The van der Waals surface area contributed by atoms with Crippen LogP contribution in [0.2, 0.25) is 0 Å². The van der Waals surface area contributed by atoms with Gasteiger partial charge in [0, 0.05) is 23.8 Å². The van der Waals surface area contributed by atoms with E-state index in [2.05, 4.69) is 20.6 Å². The maximum absolute atomic E-state index is 13.3. The second-order valence-corrected chi connectivity index (χ2v) is 8.04. The van der Waals surface area contributed by atoms with Gasteiger partial charge in [0.2, 0.25) is 5.91 Å². The van der Waals surface area contributed by atoms with E-state index in [9.17, 15) is 18.0 Å². The summed E-state index contributed by atoms with van der Waals surface area (Å²) in [7, 11) is 0. The zero-order valence-electron chi connectivity index (χ0n) is 17.5. The number of aryl methyl sites for hydroxylation is 1. The predicted octanol–water partition coefficient (Wildman–Crippen LogP) is 6.00. The number of alkyl halides is 3. The lowest BCUT2D eigenvalue weighted by Gasteiger charge is -2.28. The maximum atomic E-state index is 13.3. The third-order valence-corrected chi connectivity index (χ3v) is 5.91. The van der Waals surface area contributed by atoms with Crippen LogP contribution in [0.4, 0.5) is 30.4 Å². The second kappa shape index (κ2) is 8.61. The molecule has 0 unspecified atom stereocenters. The molecule has 5 nitrogen and oxygen atoms in total. The summed E-state index contributed by atoms with van der Waals surface area (Å²) in [5.41, 5.74) is 1.09. The van der Waals surface area contributed by atoms with Crippen molar-refractivity contribution in [2.45, 2.75) is 44.2 Å². The average Bonchev–Trinajstić information content (AvgIpc) is 3.27. The summed E-state index contributed by atoms with van der Waals surface area (Å²) in [5, 5.41) is 5.96. The highest BCUT2D eigenvalue weighted by Gasteiger charge is 2.43. The number of halogens is 3. The first kappa shape index (κ1) is 21.8. The molecule has 1 saturated carbocycles. The molecule has 1 amide bonds. The summed E-state index contributed by atoms with van der Waals surface area (Å²) in [6.45, 7) is 1.90. The van der Waals surface area contributed by atoms with Gasteiger partial charge in [-0.3, -0.25) is 9.78 Å². The zero-order chi connectivity index (χ0) is 22.8. The van der Waals surface area contributed by atoms with Gasteiger partial charge < -0.3 is 10.6 Å². The Bertz CT molecular complexity index is 1110. The zero-order valence-corrected chi connectivity index (χ0v) is 17.5. The molecule has 8 heteroatoms. The minimum atomic E-state index is -4.50. The molecule has 3 aromatic rings. The summed E-state index contributed by atoms with van der Waals surface area (Å²) >= 11 is 0. The van der Waals surface area contributed by atoms with Crippen molar-refractivity contribution in [1.29, 1.82) is 0 Å². The van der Waals surface area contributed by atoms with Gasteiger partial charge in [-0.25, -0.2) is 4.98 Å². The molecular formula is C24H23F3N4O. The lowest BCUT2D eigenvalue weighted by molar-refractivity contribution is -0.141. The topological polar surface area (TPSA) is 66.9 Å². The average molecular weight is 440 g/mol. The number of carbonyl (C=O) groups is 1. The number of amides is 1. The SMILES string of the molecule is Cc1cccnc1NC(=O)C1(c2ccc(Nc3ccnc(C(F)(F)F)c3)cc2)CCCC1. The lowest BCUT2D eigenvalue weighted by Crippen LogP contribution is -2.38. The van der Waals surface area contributed by atoms with Gasteiger partial charge in [0.25, 0.3) is 0 Å². The molecule has 0 radical (unpaired) electrons. The Morgan fingerprint density at radius 2 is 1.69 bits per heavy atom. The largest absolute Gasteiger partial charge is 0.433 e. The van der Waals surface area contributed by atoms with Gasteiger partial charge in [-0.2, -0.15) is 13.2 Å². The monoisotopic (exact) mass is 440 g/mol. The molecule has 0 bridgehead atoms. The fourth-order valence-electron chi connectivity index (χ4n) is 4.17. The summed E-state index contributed by atoms with van der Waals surface area (Å²) < 4.78 is 38.7. The minimum absolute atomic E-state index is 0.0820. The van der Waals surface area contributed by atoms with Crippen molar-refractivity contribution in [3.63, 3.8) is 0 Å². The molecule has 2 aromatic heterocycles. The van der Waals surface area contributed by atoms with Gasteiger partial charge in [-0.05, 0) is 61.2 Å². The van der Waals surface area contributed by atoms with Crippen LogP contribution in [-0.2, 0) is 16.4 Å². The van der Waals surface area contributed by atoms with Crippen molar-refractivity contribution in [2.75, 3.05) is 10.6 Å². The number of nitrogens with zero attached hydrogens (tertiary/aromatic N) is 2. The Morgan fingerprint density at radius 3 is 2.34 bits per heavy atom. The molecule has 0 aliphatic heterocycles. The van der Waals surface area contributed by atoms with Crippen molar-refractivity contribution in [1.82, 2.24) is 9.97 Å². The molecule has 0 spiro atoms. The Morgan fingerprint density at radius 1 is 0.969 bits per heavy atom. The predicted molar refractivity (Wildman–Crippen MR) is 117 cm³/mol. The standard InChI is InChI=1S/C24H23F3N4O/c1-16-5-4-13-29-21(16)31-22(32)23(11-2-3-12-23)17-6-8-18(9-7-17)30-19-10-14-28-20(15-19)24(25,26)27/h4-10,13-15H,2-3,11-12H2,1H3,(H,28,30)(H,29,31,32). The smallest absolute Gasteiger partial charge is 0.355 e. The van der Waals surface area contributed by atoms with E-state index in [1.165, 1.54) is 6.07 Å². The van der Waals surface area contributed by atoms with E-state index in [4.69, 9.17) is 0 Å². The highest BCUT2D eigenvalue weighted by Crippen LogP contribution is 2.42. The molecule has 0 saturated heterocycles. The van der Waals surface area contributed by atoms with E-state index in [-0.39, 0.29) is 5.91 Å². The van der Waals surface area contributed by atoms with E-state index in [0.29, 0.717) is 17.2 Å². The van der Waals surface area contributed by atoms with Crippen LogP contribution in [0.5, 0.6) is 0 Å². The molecule has 1 aliphatic carbocycles. The second-order valence-electron chi connectivity index (χ2n) is 8.04. The first-order valence-corrected chi connectivity index (χ1v) is 10.4. The van der Waals surface area contributed by atoms with Crippen LogP contribution in [0.1, 0.15) is 42.5 Å². The van der Waals surface area contributed by atoms with Gasteiger partial charge in [-0.15, -0.1) is 0 Å². The fourth-order valence-corrected chi connectivity index (χ4v) is 4.17. The van der Waals surface area contributed by atoms with E-state index < -0.39 is 17.3 Å². The van der Waals surface area contributed by atoms with Crippen molar-refractivity contribution in [2.24, 2.45) is 0 Å². The van der Waals surface area contributed by atoms with Crippen LogP contribution in [0.25, 0.3) is 0 Å². The first-order chi connectivity index (χ1) is 15.3. The molecule has 1 aromatic carbocycles. The molecule has 2 heterocycles. The number of anilines is 3. The Balaban J connectivity index is 1.55. The first-order valence-electron chi connectivity index (χ1n) is 10.4. The number of hydrogen-bond donors (Lipinski definition) is 2. The van der Waals surface area contributed by atoms with Gasteiger partial charge >= 0.3 is 6.18 Å². The van der Waals surface area contributed by atoms with Crippen LogP contribution in [0.3, 0.4) is 0 Å². The van der Waals surface area contributed by atoms with E-state index in [1.54, 1.807) is 18.3 Å². The third-order valence-electron chi connectivity index (χ3n) is 5.91. The highest BCUT2D eigenvalue weighted by atomic mass is 19.4. The summed E-state index contributed by atoms with van der Waals surface area (Å²) in [6, 6.07) is 13.5. The minimum Gasteiger partial charge on any atom is -0.355 e. The molecule has 4 rings (SSSR count). The van der Waals surface area contributed by atoms with Crippen LogP contribution < -0.4 is 10.6 Å². The summed E-state index contributed by atoms with van der Waals surface area (Å²) in [6.07, 6.45) is 1.63. The Labute approximate surface area is 184 Å². The third kappa shape index (κ3) is 4.44. The van der Waals surface area contributed by atoms with Crippen molar-refractivity contribution >= 4 is 23.1 Å². The van der Waals surface area contributed by atoms with Gasteiger partial charge in [0.1, 0.15) is 11.5 Å². The Kier molecular flexibility index (Phi) is 5.86. The van der Waals surface area contributed by atoms with Crippen molar-refractivity contribution in [3.8, 4) is 0 Å². The van der Waals surface area contributed by atoms with Crippen LogP contribution in [-0.4, -0.2) is 15.9 Å². The van der Waals surface area contributed by atoms with Crippen molar-refractivity contribution in [3.05, 3.63) is 77.7 Å². The van der Waals surface area contributed by atoms with Crippen LogP contribution in [0, 0.1) is 6.92 Å². The molecule has 166 valence electrons. The number of aromatic nitrogens is 2. The van der Waals surface area contributed by atoms with Crippen LogP contribution >= 0.6 is 0 Å². The molecular weight excluding hydrogens is 417 g/mol. The van der Waals surface area contributed by atoms with Crippen molar-refractivity contribution < 1.29 is 18.0 Å². The fraction of sp³-hybridized carbons (Fsp3) is 0.292. The number of nitrogens with one attached hydrogen (secondary N) is 2. The number of pyridine rings is 2.